The van der Waals surface area contributed by atoms with E-state index in [0.29, 0.717) is 17.2 Å². The van der Waals surface area contributed by atoms with Crippen LogP contribution in [0.1, 0.15) is 25.8 Å². The van der Waals surface area contributed by atoms with Crippen LogP contribution >= 0.6 is 0 Å². The molecule has 3 atom stereocenters. The first-order chi connectivity index (χ1) is 11.3. The van der Waals surface area contributed by atoms with Gasteiger partial charge in [0, 0.05) is 35.2 Å². The number of benzene rings is 1. The highest BCUT2D eigenvalue weighted by molar-refractivity contribution is 5.90. The number of anilines is 1. The van der Waals surface area contributed by atoms with Crippen molar-refractivity contribution in [2.24, 2.45) is 11.3 Å². The summed E-state index contributed by atoms with van der Waals surface area (Å²) >= 11 is 0. The summed E-state index contributed by atoms with van der Waals surface area (Å²) in [5.41, 5.74) is 0.790. The number of carbonyl (C=O) groups is 1. The van der Waals surface area contributed by atoms with Crippen LogP contribution in [-0.2, 0) is 4.74 Å². The van der Waals surface area contributed by atoms with E-state index in [2.05, 4.69) is 29.2 Å². The minimum atomic E-state index is -2.90. The number of amides is 2. The molecule has 24 heavy (non-hydrogen) atoms. The fourth-order valence-electron chi connectivity index (χ4n) is 3.89. The molecule has 2 aliphatic rings. The SMILES string of the molecule is Cc1c(NC(=O)N[C@@H]2[C@@H]3CCO[C@H]3C2(C)C)cccc1OC(F)F. The Morgan fingerprint density at radius 1 is 1.42 bits per heavy atom. The molecule has 1 saturated heterocycles. The third-order valence-electron chi connectivity index (χ3n) is 5.14. The van der Waals surface area contributed by atoms with Gasteiger partial charge in [0.05, 0.1) is 6.10 Å². The van der Waals surface area contributed by atoms with E-state index < -0.39 is 6.61 Å². The molecule has 0 radical (unpaired) electrons. The van der Waals surface area contributed by atoms with Crippen molar-refractivity contribution < 1.29 is 23.0 Å². The molecule has 1 saturated carbocycles. The summed E-state index contributed by atoms with van der Waals surface area (Å²) in [7, 11) is 0. The fourth-order valence-corrected chi connectivity index (χ4v) is 3.89. The summed E-state index contributed by atoms with van der Waals surface area (Å²) in [6.45, 7) is 3.61. The number of fused-ring (bicyclic) bond motifs is 1. The van der Waals surface area contributed by atoms with E-state index in [9.17, 15) is 13.6 Å². The first-order valence-corrected chi connectivity index (χ1v) is 8.04. The van der Waals surface area contributed by atoms with E-state index in [-0.39, 0.29) is 29.3 Å². The van der Waals surface area contributed by atoms with Gasteiger partial charge in [-0.15, -0.1) is 0 Å². The largest absolute Gasteiger partial charge is 0.434 e. The molecule has 5 nitrogen and oxygen atoms in total. The second-order valence-electron chi connectivity index (χ2n) is 6.95. The van der Waals surface area contributed by atoms with Crippen molar-refractivity contribution in [3.05, 3.63) is 23.8 Å². The molecular formula is C17H22F2N2O3. The van der Waals surface area contributed by atoms with E-state index in [4.69, 9.17) is 4.74 Å². The highest BCUT2D eigenvalue weighted by atomic mass is 19.3. The third kappa shape index (κ3) is 2.92. The predicted molar refractivity (Wildman–Crippen MR) is 85.4 cm³/mol. The first-order valence-electron chi connectivity index (χ1n) is 8.04. The zero-order valence-electron chi connectivity index (χ0n) is 13.9. The van der Waals surface area contributed by atoms with Crippen LogP contribution in [0.4, 0.5) is 19.3 Å². The molecule has 2 amide bonds. The van der Waals surface area contributed by atoms with Crippen LogP contribution in [0.15, 0.2) is 18.2 Å². The van der Waals surface area contributed by atoms with Crippen LogP contribution in [-0.4, -0.2) is 31.4 Å². The summed E-state index contributed by atoms with van der Waals surface area (Å²) in [5, 5.41) is 5.72. The van der Waals surface area contributed by atoms with Gasteiger partial charge in [-0.05, 0) is 25.5 Å². The zero-order chi connectivity index (χ0) is 17.5. The predicted octanol–water partition coefficient (Wildman–Crippen LogP) is 3.53. The van der Waals surface area contributed by atoms with Crippen molar-refractivity contribution in [1.29, 1.82) is 0 Å². The number of halogens is 2. The molecule has 1 heterocycles. The van der Waals surface area contributed by atoms with E-state index in [1.807, 2.05) is 0 Å². The second kappa shape index (κ2) is 6.20. The summed E-state index contributed by atoms with van der Waals surface area (Å²) in [4.78, 5) is 12.3. The monoisotopic (exact) mass is 340 g/mol. The third-order valence-corrected chi connectivity index (χ3v) is 5.14. The van der Waals surface area contributed by atoms with Crippen molar-refractivity contribution in [2.45, 2.75) is 45.9 Å². The zero-order valence-corrected chi connectivity index (χ0v) is 13.9. The first kappa shape index (κ1) is 17.0. The summed E-state index contributed by atoms with van der Waals surface area (Å²) in [6.07, 6.45) is 1.13. The van der Waals surface area contributed by atoms with Crippen molar-refractivity contribution in [3.63, 3.8) is 0 Å². The van der Waals surface area contributed by atoms with Crippen LogP contribution in [0.5, 0.6) is 5.75 Å². The van der Waals surface area contributed by atoms with Gasteiger partial charge in [-0.2, -0.15) is 8.78 Å². The Bertz CT molecular complexity index is 636. The van der Waals surface area contributed by atoms with Crippen LogP contribution in [0.3, 0.4) is 0 Å². The van der Waals surface area contributed by atoms with Gasteiger partial charge in [0.25, 0.3) is 0 Å². The number of rotatable bonds is 4. The molecule has 1 aliphatic carbocycles. The number of hydrogen-bond acceptors (Lipinski definition) is 3. The van der Waals surface area contributed by atoms with Crippen LogP contribution in [0.2, 0.25) is 0 Å². The van der Waals surface area contributed by atoms with Gasteiger partial charge in [0.15, 0.2) is 0 Å². The summed E-state index contributed by atoms with van der Waals surface area (Å²) < 4.78 is 35.0. The van der Waals surface area contributed by atoms with Gasteiger partial charge in [-0.25, -0.2) is 4.79 Å². The van der Waals surface area contributed by atoms with E-state index in [0.717, 1.165) is 13.0 Å². The van der Waals surface area contributed by atoms with E-state index in [1.165, 1.54) is 6.07 Å². The number of ether oxygens (including phenoxy) is 2. The highest BCUT2D eigenvalue weighted by Crippen LogP contribution is 2.52. The van der Waals surface area contributed by atoms with Crippen LogP contribution in [0, 0.1) is 18.3 Å². The quantitative estimate of drug-likeness (QED) is 0.881. The summed E-state index contributed by atoms with van der Waals surface area (Å²) in [5.74, 6) is 0.386. The Kier molecular flexibility index (Phi) is 4.38. The second-order valence-corrected chi connectivity index (χ2v) is 6.95. The molecule has 1 aliphatic heterocycles. The lowest BCUT2D eigenvalue weighted by Gasteiger charge is -2.54. The van der Waals surface area contributed by atoms with Crippen LogP contribution in [0.25, 0.3) is 0 Å². The minimum absolute atomic E-state index is 0.0332. The number of urea groups is 1. The minimum Gasteiger partial charge on any atom is -0.434 e. The average molecular weight is 340 g/mol. The molecule has 2 N–H and O–H groups in total. The fraction of sp³-hybridized carbons (Fsp3) is 0.588. The lowest BCUT2D eigenvalue weighted by molar-refractivity contribution is -0.107. The van der Waals surface area contributed by atoms with Gasteiger partial charge >= 0.3 is 12.6 Å². The number of hydrogen-bond donors (Lipinski definition) is 2. The van der Waals surface area contributed by atoms with Crippen molar-refractivity contribution in [3.8, 4) is 5.75 Å². The maximum Gasteiger partial charge on any atom is 0.387 e. The molecule has 2 fully saturated rings. The number of nitrogens with one attached hydrogen (secondary N) is 2. The normalized spacial score (nSPS) is 27.3. The molecule has 0 bridgehead atoms. The molecule has 1 aromatic rings. The maximum atomic E-state index is 12.4. The summed E-state index contributed by atoms with van der Waals surface area (Å²) in [6, 6.07) is 4.34. The number of carbonyl (C=O) groups excluding carboxylic acids is 1. The molecule has 0 spiro atoms. The maximum absolute atomic E-state index is 12.4. The smallest absolute Gasteiger partial charge is 0.387 e. The molecular weight excluding hydrogens is 318 g/mol. The average Bonchev–Trinajstić information content (AvgIpc) is 2.95. The highest BCUT2D eigenvalue weighted by Gasteiger charge is 2.59. The standard InChI is InChI=1S/C17H22F2N2O3/c1-9-11(5-4-6-12(9)24-15(18)19)20-16(22)21-13-10-7-8-23-14(10)17(13,2)3/h4-6,10,13-15H,7-8H2,1-3H3,(H2,20,21,22)/t10-,13+,14+/m0/s1. The van der Waals surface area contributed by atoms with Gasteiger partial charge in [-0.1, -0.05) is 19.9 Å². The lowest BCUT2D eigenvalue weighted by atomic mass is 9.57. The molecule has 3 rings (SSSR count). The Morgan fingerprint density at radius 3 is 2.88 bits per heavy atom. The molecule has 132 valence electrons. The molecule has 7 heteroatoms. The molecule has 0 unspecified atom stereocenters. The molecule has 0 aromatic heterocycles. The van der Waals surface area contributed by atoms with Crippen molar-refractivity contribution >= 4 is 11.7 Å². The Balaban J connectivity index is 1.65. The molecule has 1 aromatic carbocycles. The topological polar surface area (TPSA) is 59.6 Å². The van der Waals surface area contributed by atoms with E-state index >= 15 is 0 Å². The van der Waals surface area contributed by atoms with E-state index in [1.54, 1.807) is 19.1 Å². The van der Waals surface area contributed by atoms with Gasteiger partial charge < -0.3 is 20.1 Å². The van der Waals surface area contributed by atoms with Gasteiger partial charge in [0.2, 0.25) is 0 Å². The van der Waals surface area contributed by atoms with Gasteiger partial charge in [0.1, 0.15) is 5.75 Å². The Hall–Kier alpha value is -1.89. The van der Waals surface area contributed by atoms with Crippen molar-refractivity contribution in [2.75, 3.05) is 11.9 Å². The van der Waals surface area contributed by atoms with Crippen LogP contribution < -0.4 is 15.4 Å². The van der Waals surface area contributed by atoms with Crippen molar-refractivity contribution in [1.82, 2.24) is 5.32 Å². The number of alkyl halides is 2. The lowest BCUT2D eigenvalue weighted by Crippen LogP contribution is -2.67. The Labute approximate surface area is 139 Å². The van der Waals surface area contributed by atoms with Gasteiger partial charge in [-0.3, -0.25) is 0 Å². The Morgan fingerprint density at radius 2 is 2.17 bits per heavy atom.